The summed E-state index contributed by atoms with van der Waals surface area (Å²) in [4.78, 5) is 12.4. The smallest absolute Gasteiger partial charge is 0.355 e. The molecule has 0 spiro atoms. The first-order valence-corrected chi connectivity index (χ1v) is 7.98. The number of anilines is 1. The fourth-order valence-electron chi connectivity index (χ4n) is 1.76. The first kappa shape index (κ1) is 21.4. The van der Waals surface area contributed by atoms with Crippen LogP contribution >= 0.6 is 35.3 Å². The van der Waals surface area contributed by atoms with Gasteiger partial charge in [-0.3, -0.25) is 4.99 Å². The quantitative estimate of drug-likeness (QED) is 0.254. The molecule has 0 atom stereocenters. The van der Waals surface area contributed by atoms with Gasteiger partial charge in [-0.05, 0) is 17.5 Å². The Labute approximate surface area is 164 Å². The van der Waals surface area contributed by atoms with Crippen LogP contribution in [0, 0.1) is 0 Å². The van der Waals surface area contributed by atoms with Crippen molar-refractivity contribution in [3.63, 3.8) is 0 Å². The van der Waals surface area contributed by atoms with E-state index in [0.717, 1.165) is 12.3 Å². The van der Waals surface area contributed by atoms with Crippen molar-refractivity contribution >= 4 is 47.2 Å². The number of guanidine groups is 1. The van der Waals surface area contributed by atoms with Gasteiger partial charge in [0, 0.05) is 31.2 Å². The molecule has 2 rings (SSSR count). The minimum Gasteiger partial charge on any atom is -0.355 e. The fourth-order valence-corrected chi connectivity index (χ4v) is 2.41. The van der Waals surface area contributed by atoms with Gasteiger partial charge in [-0.1, -0.05) is 6.07 Å². The third kappa shape index (κ3) is 7.42. The largest absolute Gasteiger partial charge is 0.433 e. The van der Waals surface area contributed by atoms with Crippen molar-refractivity contribution in [2.24, 2.45) is 4.99 Å². The predicted molar refractivity (Wildman–Crippen MR) is 103 cm³/mol. The second-order valence-corrected chi connectivity index (χ2v) is 5.65. The van der Waals surface area contributed by atoms with Crippen LogP contribution in [0.3, 0.4) is 0 Å². The summed E-state index contributed by atoms with van der Waals surface area (Å²) in [5.41, 5.74) is -0.971. The predicted octanol–water partition coefficient (Wildman–Crippen LogP) is 2.95. The fraction of sp³-hybridized carbons (Fsp3) is 0.357. The summed E-state index contributed by atoms with van der Waals surface area (Å²) in [6.07, 6.45) is -3.40. The van der Waals surface area contributed by atoms with E-state index in [2.05, 4.69) is 30.9 Å². The van der Waals surface area contributed by atoms with Crippen LogP contribution in [0.2, 0.25) is 0 Å². The SMILES string of the molecule is CN=C(NCCNc1nccc(C(F)(F)F)n1)NCc1cccs1.I. The molecule has 0 bridgehead atoms. The van der Waals surface area contributed by atoms with Crippen LogP contribution in [-0.4, -0.2) is 36.1 Å². The lowest BCUT2D eigenvalue weighted by atomic mass is 10.4. The highest BCUT2D eigenvalue weighted by Gasteiger charge is 2.32. The maximum atomic E-state index is 12.6. The molecule has 6 nitrogen and oxygen atoms in total. The maximum absolute atomic E-state index is 12.6. The number of hydrogen-bond donors (Lipinski definition) is 3. The minimum atomic E-state index is -4.48. The molecule has 0 aliphatic rings. The van der Waals surface area contributed by atoms with Crippen molar-refractivity contribution in [3.05, 3.63) is 40.3 Å². The molecule has 2 aromatic heterocycles. The molecule has 0 saturated carbocycles. The van der Waals surface area contributed by atoms with E-state index in [1.807, 2.05) is 17.5 Å². The van der Waals surface area contributed by atoms with E-state index < -0.39 is 11.9 Å². The molecule has 138 valence electrons. The number of halogens is 4. The second-order valence-electron chi connectivity index (χ2n) is 4.62. The molecule has 0 aliphatic heterocycles. The van der Waals surface area contributed by atoms with Crippen molar-refractivity contribution in [1.29, 1.82) is 0 Å². The Morgan fingerprint density at radius 3 is 2.68 bits per heavy atom. The van der Waals surface area contributed by atoms with Crippen molar-refractivity contribution in [1.82, 2.24) is 20.6 Å². The first-order valence-electron chi connectivity index (χ1n) is 7.10. The van der Waals surface area contributed by atoms with Gasteiger partial charge >= 0.3 is 6.18 Å². The van der Waals surface area contributed by atoms with Crippen molar-refractivity contribution < 1.29 is 13.2 Å². The van der Waals surface area contributed by atoms with E-state index in [0.29, 0.717) is 25.6 Å². The number of hydrogen-bond acceptors (Lipinski definition) is 5. The number of aliphatic imine (C=N–C) groups is 1. The summed E-state index contributed by atoms with van der Waals surface area (Å²) in [5, 5.41) is 10.9. The zero-order valence-corrected chi connectivity index (χ0v) is 16.4. The summed E-state index contributed by atoms with van der Waals surface area (Å²) < 4.78 is 37.7. The third-order valence-electron chi connectivity index (χ3n) is 2.88. The van der Waals surface area contributed by atoms with Gasteiger partial charge in [-0.25, -0.2) is 9.97 Å². The Hall–Kier alpha value is -1.63. The molecule has 25 heavy (non-hydrogen) atoms. The summed E-state index contributed by atoms with van der Waals surface area (Å²) in [5.74, 6) is 0.545. The van der Waals surface area contributed by atoms with Crippen molar-refractivity contribution in [3.8, 4) is 0 Å². The second kappa shape index (κ2) is 10.4. The number of thiophene rings is 1. The van der Waals surface area contributed by atoms with Crippen LogP contribution in [-0.2, 0) is 12.7 Å². The van der Waals surface area contributed by atoms with Gasteiger partial charge in [0.1, 0.15) is 5.69 Å². The van der Waals surface area contributed by atoms with Crippen LogP contribution in [0.15, 0.2) is 34.8 Å². The molecule has 0 amide bonds. The first-order chi connectivity index (χ1) is 11.5. The Morgan fingerprint density at radius 1 is 1.24 bits per heavy atom. The number of alkyl halides is 3. The molecule has 0 aromatic carbocycles. The highest BCUT2D eigenvalue weighted by Crippen LogP contribution is 2.27. The standard InChI is InChI=1S/C14H17F3N6S.HI/c1-18-12(22-9-10-3-2-8-24-10)20-6-7-21-13-19-5-4-11(23-13)14(15,16)17;/h2-5,8H,6-7,9H2,1H3,(H2,18,20,22)(H,19,21,23);1H. The van der Waals surface area contributed by atoms with Crippen LogP contribution in [0.1, 0.15) is 10.6 Å². The lowest BCUT2D eigenvalue weighted by Crippen LogP contribution is -2.39. The van der Waals surface area contributed by atoms with Gasteiger partial charge in [0.25, 0.3) is 0 Å². The average molecular weight is 486 g/mol. The minimum absolute atomic E-state index is 0. The highest BCUT2D eigenvalue weighted by atomic mass is 127. The van der Waals surface area contributed by atoms with E-state index in [1.165, 1.54) is 4.88 Å². The molecular weight excluding hydrogens is 468 g/mol. The lowest BCUT2D eigenvalue weighted by Gasteiger charge is -2.12. The summed E-state index contributed by atoms with van der Waals surface area (Å²) in [7, 11) is 1.65. The van der Waals surface area contributed by atoms with Crippen LogP contribution in [0.25, 0.3) is 0 Å². The van der Waals surface area contributed by atoms with Gasteiger partial charge in [-0.15, -0.1) is 35.3 Å². The molecule has 11 heteroatoms. The number of rotatable bonds is 6. The Balaban J connectivity index is 0.00000312. The molecule has 0 fully saturated rings. The van der Waals surface area contributed by atoms with E-state index in [-0.39, 0.29) is 29.9 Å². The molecule has 2 heterocycles. The number of nitrogens with one attached hydrogen (secondary N) is 3. The Bertz CT molecular complexity index is 663. The molecule has 0 unspecified atom stereocenters. The van der Waals surface area contributed by atoms with Crippen LogP contribution in [0.4, 0.5) is 19.1 Å². The molecule has 0 saturated heterocycles. The van der Waals surface area contributed by atoms with Crippen LogP contribution in [0.5, 0.6) is 0 Å². The lowest BCUT2D eigenvalue weighted by molar-refractivity contribution is -0.141. The van der Waals surface area contributed by atoms with Gasteiger partial charge in [0.2, 0.25) is 5.95 Å². The number of aromatic nitrogens is 2. The molecule has 0 radical (unpaired) electrons. The monoisotopic (exact) mass is 486 g/mol. The third-order valence-corrected chi connectivity index (χ3v) is 3.76. The zero-order valence-electron chi connectivity index (χ0n) is 13.3. The van der Waals surface area contributed by atoms with E-state index >= 15 is 0 Å². The van der Waals surface area contributed by atoms with Crippen molar-refractivity contribution in [2.45, 2.75) is 12.7 Å². The summed E-state index contributed by atoms with van der Waals surface area (Å²) in [6, 6.07) is 4.81. The molecule has 3 N–H and O–H groups in total. The summed E-state index contributed by atoms with van der Waals surface area (Å²) in [6.45, 7) is 1.45. The Kier molecular flexibility index (Phi) is 8.89. The van der Waals surface area contributed by atoms with Crippen molar-refractivity contribution in [2.75, 3.05) is 25.5 Å². The number of nitrogens with zero attached hydrogens (tertiary/aromatic N) is 3. The maximum Gasteiger partial charge on any atom is 0.433 e. The average Bonchev–Trinajstić information content (AvgIpc) is 3.07. The van der Waals surface area contributed by atoms with Gasteiger partial charge < -0.3 is 16.0 Å². The molecule has 0 aliphatic carbocycles. The van der Waals surface area contributed by atoms with Gasteiger partial charge in [-0.2, -0.15) is 13.2 Å². The van der Waals surface area contributed by atoms with E-state index in [1.54, 1.807) is 18.4 Å². The normalized spacial score (nSPS) is 11.6. The van der Waals surface area contributed by atoms with Crippen LogP contribution < -0.4 is 16.0 Å². The highest BCUT2D eigenvalue weighted by molar-refractivity contribution is 14.0. The summed E-state index contributed by atoms with van der Waals surface area (Å²) >= 11 is 1.64. The topological polar surface area (TPSA) is 74.2 Å². The van der Waals surface area contributed by atoms with Gasteiger partial charge in [0.05, 0.1) is 6.54 Å². The van der Waals surface area contributed by atoms with E-state index in [4.69, 9.17) is 0 Å². The van der Waals surface area contributed by atoms with E-state index in [9.17, 15) is 13.2 Å². The molecular formula is C14H18F3IN6S. The zero-order chi connectivity index (χ0) is 17.4. The van der Waals surface area contributed by atoms with Gasteiger partial charge in [0.15, 0.2) is 5.96 Å². The Morgan fingerprint density at radius 2 is 2.04 bits per heavy atom. The molecule has 2 aromatic rings.